The zero-order valence-electron chi connectivity index (χ0n) is 7.99. The molecule has 12 heavy (non-hydrogen) atoms. The van der Waals surface area contributed by atoms with E-state index in [1.54, 1.807) is 0 Å². The Bertz CT molecular complexity index is 149. The van der Waals surface area contributed by atoms with Crippen LogP contribution < -0.4 is 0 Å². The van der Waals surface area contributed by atoms with Crippen molar-refractivity contribution < 1.29 is 10.2 Å². The maximum absolute atomic E-state index is 8.54. The van der Waals surface area contributed by atoms with Crippen LogP contribution in [0.4, 0.5) is 0 Å². The molecule has 0 unspecified atom stereocenters. The molecule has 0 bridgehead atoms. The molecule has 1 aromatic carbocycles. The smallest absolute Gasteiger partial charge is 0.0681 e. The van der Waals surface area contributed by atoms with Crippen molar-refractivity contribution >= 4 is 0 Å². The fraction of sp³-hybridized carbons (Fsp3) is 0.400. The van der Waals surface area contributed by atoms with Gasteiger partial charge in [0.25, 0.3) is 0 Å². The van der Waals surface area contributed by atoms with Gasteiger partial charge in [-0.15, -0.1) is 0 Å². The molecule has 0 saturated heterocycles. The van der Waals surface area contributed by atoms with Crippen molar-refractivity contribution in [3.8, 4) is 0 Å². The summed E-state index contributed by atoms with van der Waals surface area (Å²) in [6.07, 6.45) is 0. The van der Waals surface area contributed by atoms with E-state index in [0.717, 1.165) is 12.7 Å². The van der Waals surface area contributed by atoms with E-state index < -0.39 is 0 Å². The Kier molecular flexibility index (Phi) is 14.6. The van der Waals surface area contributed by atoms with Gasteiger partial charge in [-0.3, -0.25) is 0 Å². The van der Waals surface area contributed by atoms with Gasteiger partial charge < -0.3 is 10.2 Å². The Labute approximate surface area is 74.5 Å². The van der Waals surface area contributed by atoms with Gasteiger partial charge >= 0.3 is 0 Å². The van der Waals surface area contributed by atoms with E-state index >= 15 is 0 Å². The molecule has 0 heterocycles. The molecule has 0 amide bonds. The summed E-state index contributed by atoms with van der Waals surface area (Å²) in [6.45, 7) is 4.14. The molecule has 0 aliphatic rings. The van der Waals surface area contributed by atoms with Gasteiger partial charge in [0, 0.05) is 7.11 Å². The number of hydrogen-bond acceptors (Lipinski definition) is 2. The summed E-state index contributed by atoms with van der Waals surface area (Å²) in [5, 5.41) is 15.5. The molecule has 0 radical (unpaired) electrons. The molecule has 2 N–H and O–H groups in total. The summed E-state index contributed by atoms with van der Waals surface area (Å²) < 4.78 is 0. The zero-order chi connectivity index (χ0) is 9.82. The lowest BCUT2D eigenvalue weighted by atomic mass is 10.2. The quantitative estimate of drug-likeness (QED) is 0.675. The van der Waals surface area contributed by atoms with Gasteiger partial charge in [0.15, 0.2) is 0 Å². The van der Waals surface area contributed by atoms with Gasteiger partial charge in [0.2, 0.25) is 0 Å². The highest BCUT2D eigenvalue weighted by molar-refractivity contribution is 5.12. The minimum absolute atomic E-state index is 0.140. The predicted octanol–water partition coefficient (Wildman–Crippen LogP) is 1.81. The van der Waals surface area contributed by atoms with E-state index in [4.69, 9.17) is 10.2 Å². The summed E-state index contributed by atoms with van der Waals surface area (Å²) >= 11 is 0. The molecule has 70 valence electrons. The fourth-order valence-corrected chi connectivity index (χ4v) is 0.583. The standard InChI is InChI=1S/C7H8O.C2H6.CH4O/c8-6-7-4-2-1-3-5-7;2*1-2/h1-5,8H,6H2;1-2H3;2H,1H3. The minimum Gasteiger partial charge on any atom is -0.400 e. The van der Waals surface area contributed by atoms with Crippen LogP contribution in [-0.2, 0) is 6.61 Å². The fourth-order valence-electron chi connectivity index (χ4n) is 0.583. The number of aliphatic hydroxyl groups excluding tert-OH is 2. The van der Waals surface area contributed by atoms with Gasteiger partial charge in [0.1, 0.15) is 0 Å². The SMILES string of the molecule is CC.CO.OCc1ccccc1. The maximum atomic E-state index is 8.54. The molecule has 0 atom stereocenters. The Morgan fingerprint density at radius 3 is 1.67 bits per heavy atom. The van der Waals surface area contributed by atoms with E-state index in [1.165, 1.54) is 0 Å². The van der Waals surface area contributed by atoms with Crippen molar-refractivity contribution in [2.45, 2.75) is 20.5 Å². The molecule has 0 spiro atoms. The molecule has 1 aromatic rings. The lowest BCUT2D eigenvalue weighted by Gasteiger charge is -1.89. The molecule has 0 aromatic heterocycles. The van der Waals surface area contributed by atoms with E-state index in [1.807, 2.05) is 44.2 Å². The van der Waals surface area contributed by atoms with Gasteiger partial charge in [-0.25, -0.2) is 0 Å². The van der Waals surface area contributed by atoms with Crippen molar-refractivity contribution in [2.75, 3.05) is 7.11 Å². The number of aliphatic hydroxyl groups is 2. The van der Waals surface area contributed by atoms with Gasteiger partial charge in [-0.1, -0.05) is 44.2 Å². The van der Waals surface area contributed by atoms with Crippen LogP contribution in [0.15, 0.2) is 30.3 Å². The molecule has 0 fully saturated rings. The van der Waals surface area contributed by atoms with Crippen LogP contribution >= 0.6 is 0 Å². The second kappa shape index (κ2) is 12.8. The minimum atomic E-state index is 0.140. The van der Waals surface area contributed by atoms with Crippen LogP contribution in [0.1, 0.15) is 19.4 Å². The van der Waals surface area contributed by atoms with E-state index in [2.05, 4.69) is 0 Å². The highest BCUT2D eigenvalue weighted by Gasteiger charge is 1.81. The van der Waals surface area contributed by atoms with Crippen LogP contribution in [0.25, 0.3) is 0 Å². The zero-order valence-corrected chi connectivity index (χ0v) is 7.99. The summed E-state index contributed by atoms with van der Waals surface area (Å²) in [7, 11) is 1.00. The Morgan fingerprint density at radius 1 is 1.00 bits per heavy atom. The first kappa shape index (κ1) is 13.7. The highest BCUT2D eigenvalue weighted by Crippen LogP contribution is 1.95. The third kappa shape index (κ3) is 7.25. The Balaban J connectivity index is 0. The van der Waals surface area contributed by atoms with Crippen LogP contribution in [0.2, 0.25) is 0 Å². The second-order valence-electron chi connectivity index (χ2n) is 1.64. The first-order valence-electron chi connectivity index (χ1n) is 4.03. The summed E-state index contributed by atoms with van der Waals surface area (Å²) in [5.74, 6) is 0. The third-order valence-corrected chi connectivity index (χ3v) is 1.03. The van der Waals surface area contributed by atoms with Crippen molar-refractivity contribution in [1.29, 1.82) is 0 Å². The molecule has 2 nitrogen and oxygen atoms in total. The van der Waals surface area contributed by atoms with Crippen LogP contribution in [0, 0.1) is 0 Å². The first-order valence-corrected chi connectivity index (χ1v) is 4.03. The van der Waals surface area contributed by atoms with Gasteiger partial charge in [-0.2, -0.15) is 0 Å². The number of hydrogen-bond donors (Lipinski definition) is 2. The first-order chi connectivity index (χ1) is 5.93. The second-order valence-corrected chi connectivity index (χ2v) is 1.64. The van der Waals surface area contributed by atoms with E-state index in [-0.39, 0.29) is 6.61 Å². The lowest BCUT2D eigenvalue weighted by Crippen LogP contribution is -1.77. The highest BCUT2D eigenvalue weighted by atomic mass is 16.3. The predicted molar refractivity (Wildman–Crippen MR) is 51.9 cm³/mol. The third-order valence-electron chi connectivity index (χ3n) is 1.03. The van der Waals surface area contributed by atoms with Gasteiger partial charge in [-0.05, 0) is 5.56 Å². The normalized spacial score (nSPS) is 7.08. The van der Waals surface area contributed by atoms with E-state index in [9.17, 15) is 0 Å². The van der Waals surface area contributed by atoms with Crippen LogP contribution in [-0.4, -0.2) is 17.3 Å². The molecule has 0 aliphatic heterocycles. The molecular weight excluding hydrogens is 152 g/mol. The Hall–Kier alpha value is -0.860. The Morgan fingerprint density at radius 2 is 1.42 bits per heavy atom. The maximum Gasteiger partial charge on any atom is 0.0681 e. The average molecular weight is 170 g/mol. The van der Waals surface area contributed by atoms with Crippen molar-refractivity contribution in [2.24, 2.45) is 0 Å². The topological polar surface area (TPSA) is 40.5 Å². The van der Waals surface area contributed by atoms with Crippen molar-refractivity contribution in [1.82, 2.24) is 0 Å². The number of benzene rings is 1. The number of rotatable bonds is 1. The largest absolute Gasteiger partial charge is 0.400 e. The van der Waals surface area contributed by atoms with Crippen molar-refractivity contribution in [3.63, 3.8) is 0 Å². The molecule has 1 rings (SSSR count). The lowest BCUT2D eigenvalue weighted by molar-refractivity contribution is 0.282. The summed E-state index contributed by atoms with van der Waals surface area (Å²) in [4.78, 5) is 0. The van der Waals surface area contributed by atoms with E-state index in [0.29, 0.717) is 0 Å². The molecular formula is C10H18O2. The summed E-state index contributed by atoms with van der Waals surface area (Å²) in [6, 6.07) is 9.52. The van der Waals surface area contributed by atoms with Crippen LogP contribution in [0.5, 0.6) is 0 Å². The molecule has 2 heteroatoms. The van der Waals surface area contributed by atoms with Crippen molar-refractivity contribution in [3.05, 3.63) is 35.9 Å². The van der Waals surface area contributed by atoms with Crippen LogP contribution in [0.3, 0.4) is 0 Å². The molecule has 0 aliphatic carbocycles. The average Bonchev–Trinajstić information content (AvgIpc) is 2.25. The monoisotopic (exact) mass is 170 g/mol. The van der Waals surface area contributed by atoms with Gasteiger partial charge in [0.05, 0.1) is 6.61 Å². The summed E-state index contributed by atoms with van der Waals surface area (Å²) in [5.41, 5.74) is 0.965. The molecule has 0 saturated carbocycles.